The molecule has 0 unspecified atom stereocenters. The molecular formula is C24H19F4N5O2. The smallest absolute Gasteiger partial charge is 0.327 e. The number of nitrogens with one attached hydrogen (secondary N) is 3. The number of alkyl halides is 3. The van der Waals surface area contributed by atoms with Crippen LogP contribution >= 0.6 is 0 Å². The first-order valence-corrected chi connectivity index (χ1v) is 10.8. The number of aromatic amines is 1. The molecule has 0 radical (unpaired) electrons. The minimum Gasteiger partial charge on any atom is -0.327 e. The molecule has 2 aromatic heterocycles. The Kier molecular flexibility index (Phi) is 5.54. The number of fused-ring (bicyclic) bond motifs is 1. The quantitative estimate of drug-likeness (QED) is 0.328. The summed E-state index contributed by atoms with van der Waals surface area (Å²) < 4.78 is 54.4. The summed E-state index contributed by atoms with van der Waals surface area (Å²) in [5.41, 5.74) is 0.456. The number of benzene rings is 2. The molecule has 0 spiro atoms. The third-order valence-electron chi connectivity index (χ3n) is 5.73. The summed E-state index contributed by atoms with van der Waals surface area (Å²) in [6.45, 7) is 0.400. The van der Waals surface area contributed by atoms with Crippen molar-refractivity contribution >= 4 is 28.4 Å². The van der Waals surface area contributed by atoms with Crippen LogP contribution in [-0.2, 0) is 12.7 Å². The number of halogens is 4. The van der Waals surface area contributed by atoms with E-state index in [9.17, 15) is 27.2 Å². The molecule has 1 aliphatic rings. The van der Waals surface area contributed by atoms with E-state index in [0.717, 1.165) is 24.2 Å². The van der Waals surface area contributed by atoms with Crippen LogP contribution in [0.2, 0.25) is 0 Å². The first-order chi connectivity index (χ1) is 16.7. The predicted molar refractivity (Wildman–Crippen MR) is 122 cm³/mol. The summed E-state index contributed by atoms with van der Waals surface area (Å²) >= 11 is 0. The summed E-state index contributed by atoms with van der Waals surface area (Å²) in [5, 5.41) is 4.57. The van der Waals surface area contributed by atoms with Gasteiger partial charge in [0, 0.05) is 24.3 Å². The second-order valence-corrected chi connectivity index (χ2v) is 8.34. The van der Waals surface area contributed by atoms with Crippen molar-refractivity contribution in [2.45, 2.75) is 31.5 Å². The molecule has 7 nitrogen and oxygen atoms in total. The van der Waals surface area contributed by atoms with E-state index < -0.39 is 29.3 Å². The molecule has 1 aliphatic carbocycles. The molecule has 2 amide bonds. The third kappa shape index (κ3) is 4.75. The largest absolute Gasteiger partial charge is 0.416 e. The zero-order valence-corrected chi connectivity index (χ0v) is 18.1. The van der Waals surface area contributed by atoms with Gasteiger partial charge in [0.25, 0.3) is 5.56 Å². The van der Waals surface area contributed by atoms with Crippen LogP contribution in [-0.4, -0.2) is 20.6 Å². The monoisotopic (exact) mass is 485 g/mol. The zero-order valence-electron chi connectivity index (χ0n) is 18.1. The minimum absolute atomic E-state index is 0.223. The molecule has 180 valence electrons. The number of nitrogens with zero attached hydrogens (tertiary/aromatic N) is 2. The molecule has 0 saturated heterocycles. The number of anilines is 2. The average Bonchev–Trinajstić information content (AvgIpc) is 3.58. The van der Waals surface area contributed by atoms with Crippen molar-refractivity contribution in [2.24, 2.45) is 0 Å². The van der Waals surface area contributed by atoms with Gasteiger partial charge >= 0.3 is 12.2 Å². The number of aromatic nitrogens is 3. The number of hydrogen-bond acceptors (Lipinski definition) is 3. The highest BCUT2D eigenvalue weighted by molar-refractivity contribution is 5.99. The highest BCUT2D eigenvalue weighted by Crippen LogP contribution is 2.40. The molecule has 11 heteroatoms. The van der Waals surface area contributed by atoms with E-state index in [-0.39, 0.29) is 5.56 Å². The number of carbonyl (C=O) groups is 1. The number of urea groups is 1. The summed E-state index contributed by atoms with van der Waals surface area (Å²) in [7, 11) is 0. The van der Waals surface area contributed by atoms with Crippen LogP contribution in [0.4, 0.5) is 33.7 Å². The molecule has 35 heavy (non-hydrogen) atoms. The normalized spacial score (nSPS) is 13.7. The van der Waals surface area contributed by atoms with Crippen LogP contribution in [0.3, 0.4) is 0 Å². The molecule has 5 rings (SSSR count). The molecule has 1 saturated carbocycles. The van der Waals surface area contributed by atoms with Crippen LogP contribution in [0.15, 0.2) is 59.5 Å². The van der Waals surface area contributed by atoms with Crippen molar-refractivity contribution in [2.75, 3.05) is 10.6 Å². The van der Waals surface area contributed by atoms with Crippen molar-refractivity contribution < 1.29 is 22.4 Å². The van der Waals surface area contributed by atoms with Gasteiger partial charge in [0.1, 0.15) is 17.2 Å². The number of pyridine rings is 1. The molecule has 1 fully saturated rings. The molecule has 0 atom stereocenters. The van der Waals surface area contributed by atoms with Crippen molar-refractivity contribution in [3.63, 3.8) is 0 Å². The molecule has 4 aromatic rings. The van der Waals surface area contributed by atoms with Crippen LogP contribution in [0, 0.1) is 5.82 Å². The van der Waals surface area contributed by atoms with E-state index in [1.165, 1.54) is 0 Å². The Morgan fingerprint density at radius 3 is 2.51 bits per heavy atom. The Labute approximate surface area is 195 Å². The summed E-state index contributed by atoms with van der Waals surface area (Å²) in [6.07, 6.45) is -1.06. The fourth-order valence-electron chi connectivity index (χ4n) is 3.88. The SMILES string of the molecule is O=C(Nc1ccc(Cn2c(C3CC3)nc3cc[nH]c(=O)c32)cc1)Nc1cc(C(F)(F)F)ccc1F. The van der Waals surface area contributed by atoms with Gasteiger partial charge in [-0.15, -0.1) is 0 Å². The van der Waals surface area contributed by atoms with E-state index in [4.69, 9.17) is 0 Å². The van der Waals surface area contributed by atoms with Gasteiger partial charge in [-0.1, -0.05) is 12.1 Å². The molecule has 2 aromatic carbocycles. The maximum atomic E-state index is 13.9. The standard InChI is InChI=1S/C24H19F4N5O2/c25-17-8-5-15(24(26,27)28)11-19(17)32-23(35)30-16-6-1-13(2-7-16)12-33-20-18(9-10-29-22(20)34)31-21(33)14-3-4-14/h1-2,5-11,14H,3-4,12H2,(H,29,34)(H2,30,32,35). The summed E-state index contributed by atoms with van der Waals surface area (Å²) in [4.78, 5) is 32.0. The van der Waals surface area contributed by atoms with E-state index in [2.05, 4.69) is 20.6 Å². The Morgan fingerprint density at radius 1 is 1.09 bits per heavy atom. The van der Waals surface area contributed by atoms with E-state index in [1.54, 1.807) is 36.5 Å². The molecule has 3 N–H and O–H groups in total. The number of rotatable bonds is 5. The lowest BCUT2D eigenvalue weighted by Gasteiger charge is -2.12. The van der Waals surface area contributed by atoms with Gasteiger partial charge in [0.05, 0.1) is 16.8 Å². The zero-order chi connectivity index (χ0) is 24.7. The second kappa shape index (κ2) is 8.57. The van der Waals surface area contributed by atoms with Gasteiger partial charge in [-0.2, -0.15) is 13.2 Å². The number of imidazole rings is 1. The summed E-state index contributed by atoms with van der Waals surface area (Å²) in [6, 6.07) is 9.37. The van der Waals surface area contributed by atoms with E-state index in [0.29, 0.717) is 47.4 Å². The fraction of sp³-hybridized carbons (Fsp3) is 0.208. The first-order valence-electron chi connectivity index (χ1n) is 10.8. The third-order valence-corrected chi connectivity index (χ3v) is 5.73. The molecule has 0 aliphatic heterocycles. The van der Waals surface area contributed by atoms with E-state index >= 15 is 0 Å². The number of amides is 2. The maximum Gasteiger partial charge on any atom is 0.416 e. The van der Waals surface area contributed by atoms with Gasteiger partial charge in [-0.25, -0.2) is 14.2 Å². The van der Waals surface area contributed by atoms with Crippen LogP contribution in [0.5, 0.6) is 0 Å². The Bertz CT molecular complexity index is 1470. The van der Waals surface area contributed by atoms with Crippen LogP contribution in [0.1, 0.15) is 35.7 Å². The van der Waals surface area contributed by atoms with Gasteiger partial charge in [-0.3, -0.25) is 4.79 Å². The predicted octanol–water partition coefficient (Wildman–Crippen LogP) is 5.45. The molecule has 0 bridgehead atoms. The van der Waals surface area contributed by atoms with Crippen molar-refractivity contribution in [1.82, 2.24) is 14.5 Å². The van der Waals surface area contributed by atoms with Crippen molar-refractivity contribution in [3.8, 4) is 0 Å². The number of carbonyl (C=O) groups excluding carboxylic acids is 1. The highest BCUT2D eigenvalue weighted by Gasteiger charge is 2.32. The van der Waals surface area contributed by atoms with Gasteiger partial charge < -0.3 is 20.2 Å². The van der Waals surface area contributed by atoms with Gasteiger partial charge in [-0.05, 0) is 54.8 Å². The Morgan fingerprint density at radius 2 is 1.83 bits per heavy atom. The minimum atomic E-state index is -4.67. The topological polar surface area (TPSA) is 91.8 Å². The second-order valence-electron chi connectivity index (χ2n) is 8.34. The van der Waals surface area contributed by atoms with Gasteiger partial charge in [0.15, 0.2) is 0 Å². The maximum absolute atomic E-state index is 13.9. The van der Waals surface area contributed by atoms with E-state index in [1.807, 2.05) is 4.57 Å². The Balaban J connectivity index is 1.31. The number of hydrogen-bond donors (Lipinski definition) is 3. The fourth-order valence-corrected chi connectivity index (χ4v) is 3.88. The lowest BCUT2D eigenvalue weighted by Crippen LogP contribution is -2.20. The number of H-pyrrole nitrogens is 1. The van der Waals surface area contributed by atoms with Crippen molar-refractivity contribution in [1.29, 1.82) is 0 Å². The lowest BCUT2D eigenvalue weighted by molar-refractivity contribution is -0.137. The average molecular weight is 485 g/mol. The Hall–Kier alpha value is -4.15. The molecular weight excluding hydrogens is 466 g/mol. The van der Waals surface area contributed by atoms with Crippen LogP contribution in [0.25, 0.3) is 11.0 Å². The molecule has 2 heterocycles. The van der Waals surface area contributed by atoms with Crippen molar-refractivity contribution in [3.05, 3.63) is 87.9 Å². The first kappa shape index (κ1) is 22.6. The summed E-state index contributed by atoms with van der Waals surface area (Å²) in [5.74, 6) is 0.196. The lowest BCUT2D eigenvalue weighted by atomic mass is 10.2. The highest BCUT2D eigenvalue weighted by atomic mass is 19.4. The van der Waals surface area contributed by atoms with Gasteiger partial charge in [0.2, 0.25) is 0 Å². The van der Waals surface area contributed by atoms with Crippen LogP contribution < -0.4 is 16.2 Å².